The molecule has 3 spiro atoms. The van der Waals surface area contributed by atoms with Gasteiger partial charge in [0.1, 0.15) is 16.0 Å². The molecule has 0 aliphatic carbocycles. The SMILES string of the molecule is C.C.CCOC(=O)c1nc(-c2cccc(Cl)c2Cl)c(C)nc1Cl.CCOC(=O)c1nc(-c2cccc(Cl)c2Cl)c(C)nc1N1CCC2(CC1)CO[C@@H](C)[C@H]2N.CCOC(O)c1nc(Br)c(C)nc1Cl.C[C@@H]1OCC2(CCNCC2)[C@@H]1N.Cc1nc(N2CCC3(CC2)CO[C@@H](C)[C@H]3N)c(CO)nc1-c1cccc(Cl)c1Cl.OB(O)c1cccc(Cl)c1Cl.[2H]CC. The fourth-order valence-electron chi connectivity index (χ4n) is 14.9. The number of nitrogens with zero attached hydrogens (tertiary/aromatic N) is 10. The smallest absolute Gasteiger partial charge is 0.461 e. The van der Waals surface area contributed by atoms with Crippen molar-refractivity contribution in [3.05, 3.63) is 173 Å². The molecular weight excluding hydrogens is 1850 g/mol. The van der Waals surface area contributed by atoms with E-state index < -0.39 is 25.3 Å². The molecule has 11 N–H and O–H groups in total. The normalized spacial score (nSPS) is 19.7. The van der Waals surface area contributed by atoms with E-state index in [1.807, 2.05) is 45.9 Å². The number of carbonyl (C=O) groups is 2. The number of carbonyl (C=O) groups excluding carboxylic acids is 2. The van der Waals surface area contributed by atoms with Crippen LogP contribution in [0.5, 0.6) is 0 Å². The number of aromatic nitrogens is 8. The molecule has 8 aromatic rings. The van der Waals surface area contributed by atoms with Crippen molar-refractivity contribution in [2.24, 2.45) is 33.4 Å². The molecule has 6 aliphatic heterocycles. The van der Waals surface area contributed by atoms with Crippen LogP contribution in [0.1, 0.15) is 172 Å². The van der Waals surface area contributed by atoms with E-state index >= 15 is 0 Å². The van der Waals surface area contributed by atoms with Gasteiger partial charge in [0.15, 0.2) is 33.3 Å². The molecule has 26 nitrogen and oxygen atoms in total. The Bertz CT molecular complexity index is 4870. The van der Waals surface area contributed by atoms with E-state index in [2.05, 4.69) is 62.9 Å². The Balaban J connectivity index is 0.000000237. The average Bonchev–Trinajstić information content (AvgIpc) is 1.47. The third kappa shape index (κ3) is 25.9. The van der Waals surface area contributed by atoms with Crippen molar-refractivity contribution >= 4 is 168 Å². The number of rotatable bonds is 14. The second-order valence-corrected chi connectivity index (χ2v) is 34.1. The molecular formula is C85H112BBrCl10N14O12. The molecule has 0 saturated carbocycles. The van der Waals surface area contributed by atoms with Crippen molar-refractivity contribution in [2.45, 2.75) is 186 Å². The molecule has 38 heteroatoms. The van der Waals surface area contributed by atoms with Crippen molar-refractivity contribution in [3.63, 3.8) is 0 Å². The maximum Gasteiger partial charge on any atom is 0.490 e. The topological polar surface area (TPSA) is 370 Å². The number of nitrogens with two attached hydrogens (primary N) is 3. The minimum atomic E-state index is -1.57. The number of ether oxygens (including phenoxy) is 6. The Morgan fingerprint density at radius 2 is 0.911 bits per heavy atom. The average molecular weight is 1970 g/mol. The first-order valence-electron chi connectivity index (χ1n) is 40.1. The predicted molar refractivity (Wildman–Crippen MR) is 499 cm³/mol. The molecule has 4 aromatic carbocycles. The van der Waals surface area contributed by atoms with Gasteiger partial charge in [-0.3, -0.25) is 0 Å². The summed E-state index contributed by atoms with van der Waals surface area (Å²) in [7, 11) is -1.57. The van der Waals surface area contributed by atoms with Gasteiger partial charge in [-0.05, 0) is 161 Å². The van der Waals surface area contributed by atoms with Crippen LogP contribution in [0.4, 0.5) is 11.6 Å². The quantitative estimate of drug-likeness (QED) is 0.0285. The fraction of sp³-hybridized carbons (Fsp3) is 0.506. The molecule has 0 radical (unpaired) electrons. The Hall–Kier alpha value is -5.30. The molecule has 674 valence electrons. The first-order chi connectivity index (χ1) is 57.9. The zero-order valence-corrected chi connectivity index (χ0v) is 78.3. The standard InChI is InChI=1S/C23H28Cl2N4O3.C21H26Cl2N4O2.C14H11Cl3N2O2.C9H18N2O.C8H10BrClN2O2.C6H5BCl2O2.C2H6.2CH4/c1-4-31-22(30)19-21(29-10-8-23(9-11-29)12-32-14(3)20(23)26)27-13(2)18(28-19)15-6-5-7-16(24)17(15)25;1-12-18(14-4-3-5-15(22)17(14)23)26-16(10-28)20(25-12)27-8-6-21(7-9-27)11-29-13(2)19(21)24;1-3-21-14(20)12-13(17)18-7(2)11(19-12)8-5-4-6-9(15)10(8)16;1-7-8(10)9(6-12-7)2-4-11-5-3-9;1-3-14-8(13)5-7(10)11-4(2)6(9)12-5;8-5-3-1-2-4(6(5)9)7(10)11;1-2;;/h5-7,14,20H,4,8-12,26H2,1-3H3;3-5,13,19,28H,6-11,24H2,1-2H3;4-6H,3H2,1-2H3;7-8,11H,2-6,10H2,1H3;8,13H,3H2,1-2H3;1-3,10-11H;1-2H3;2*1H4/t14-,20+;13-,19+;;7-,8+;;;;;/m00.0...../s1/i;;;;;;1D;;. The van der Waals surface area contributed by atoms with Gasteiger partial charge < -0.3 is 81.0 Å². The molecule has 6 fully saturated rings. The highest BCUT2D eigenvalue weighted by molar-refractivity contribution is 9.10. The number of piperidine rings is 3. The number of nitrogens with one attached hydrogen (secondary N) is 1. The lowest BCUT2D eigenvalue weighted by molar-refractivity contribution is -0.101. The van der Waals surface area contributed by atoms with E-state index in [4.69, 9.17) is 188 Å². The Kier molecular flexibility index (Phi) is 41.7. The second-order valence-electron chi connectivity index (χ2n) is 29.5. The summed E-state index contributed by atoms with van der Waals surface area (Å²) in [6.07, 6.45) is 5.24. The van der Waals surface area contributed by atoms with Gasteiger partial charge in [0.2, 0.25) is 6.29 Å². The number of hydrogen-bond acceptors (Lipinski definition) is 26. The molecule has 0 bridgehead atoms. The summed E-state index contributed by atoms with van der Waals surface area (Å²) in [6.45, 7) is 29.1. The number of esters is 2. The summed E-state index contributed by atoms with van der Waals surface area (Å²) in [4.78, 5) is 64.4. The van der Waals surface area contributed by atoms with E-state index in [9.17, 15) is 19.8 Å². The van der Waals surface area contributed by atoms with Crippen molar-refractivity contribution in [3.8, 4) is 33.8 Å². The van der Waals surface area contributed by atoms with Gasteiger partial charge >= 0.3 is 19.1 Å². The van der Waals surface area contributed by atoms with Gasteiger partial charge in [-0.25, -0.2) is 49.5 Å². The van der Waals surface area contributed by atoms with Crippen LogP contribution in [-0.2, 0) is 35.0 Å². The lowest BCUT2D eigenvalue weighted by Gasteiger charge is -2.42. The first-order valence-corrected chi connectivity index (χ1v) is 44.0. The number of aliphatic hydroxyl groups excluding tert-OH is 2. The van der Waals surface area contributed by atoms with Crippen LogP contribution in [-0.4, -0.2) is 195 Å². The molecule has 6 saturated heterocycles. The molecule has 0 amide bonds. The number of aliphatic hydroxyl groups is 2. The Morgan fingerprint density at radius 1 is 0.545 bits per heavy atom. The first kappa shape index (κ1) is 105. The summed E-state index contributed by atoms with van der Waals surface area (Å²) in [6, 6.07) is 20.9. The Labute approximate surface area is 781 Å². The van der Waals surface area contributed by atoms with Crippen LogP contribution in [0.3, 0.4) is 0 Å². The lowest BCUT2D eigenvalue weighted by atomic mass is 9.73. The highest BCUT2D eigenvalue weighted by Crippen LogP contribution is 2.46. The Morgan fingerprint density at radius 3 is 1.30 bits per heavy atom. The maximum atomic E-state index is 12.8. The molecule has 1 unspecified atom stereocenters. The van der Waals surface area contributed by atoms with Crippen LogP contribution in [0.25, 0.3) is 33.8 Å². The number of hydrogen-bond donors (Lipinski definition) is 8. The van der Waals surface area contributed by atoms with Gasteiger partial charge in [-0.1, -0.05) is 193 Å². The third-order valence-electron chi connectivity index (χ3n) is 22.0. The zero-order valence-electron chi connectivity index (χ0n) is 70.1. The van der Waals surface area contributed by atoms with E-state index in [1.54, 1.807) is 90.1 Å². The van der Waals surface area contributed by atoms with Crippen molar-refractivity contribution in [1.29, 1.82) is 0 Å². The van der Waals surface area contributed by atoms with Crippen molar-refractivity contribution in [2.75, 3.05) is 88.7 Å². The third-order valence-corrected chi connectivity index (χ3v) is 26.6. The summed E-state index contributed by atoms with van der Waals surface area (Å²) in [5.41, 5.74) is 26.6. The number of anilines is 2. The number of benzene rings is 4. The minimum Gasteiger partial charge on any atom is -0.461 e. The van der Waals surface area contributed by atoms with Crippen molar-refractivity contribution in [1.82, 2.24) is 45.2 Å². The predicted octanol–water partition coefficient (Wildman–Crippen LogP) is 17.7. The highest BCUT2D eigenvalue weighted by Gasteiger charge is 2.50. The van der Waals surface area contributed by atoms with Crippen LogP contribution in [0, 0.1) is 43.9 Å². The molecule has 10 heterocycles. The summed E-state index contributed by atoms with van der Waals surface area (Å²) < 4.78 is 39.2. The molecule has 6 aliphatic rings. The molecule has 7 atom stereocenters. The van der Waals surface area contributed by atoms with E-state index in [1.165, 1.54) is 18.9 Å². The van der Waals surface area contributed by atoms with Crippen LogP contribution in [0.2, 0.25) is 50.5 Å². The zero-order chi connectivity index (χ0) is 89.8. The van der Waals surface area contributed by atoms with Gasteiger partial charge in [0, 0.05) is 90.7 Å². The van der Waals surface area contributed by atoms with E-state index in [-0.39, 0.29) is 120 Å². The minimum absolute atomic E-state index is 0. The summed E-state index contributed by atoms with van der Waals surface area (Å²) >= 11 is 63.6. The van der Waals surface area contributed by atoms with E-state index in [0.717, 1.165) is 70.0 Å². The van der Waals surface area contributed by atoms with Crippen molar-refractivity contribution < 1.29 is 59.6 Å². The molecule has 123 heavy (non-hydrogen) atoms. The molecule has 14 rings (SSSR count). The lowest BCUT2D eigenvalue weighted by Crippen LogP contribution is -2.51. The monoisotopic (exact) mass is 1960 g/mol. The van der Waals surface area contributed by atoms with Crippen LogP contribution < -0.4 is 37.8 Å². The van der Waals surface area contributed by atoms with Gasteiger partial charge in [0.25, 0.3) is 0 Å². The summed E-state index contributed by atoms with van der Waals surface area (Å²) in [5.74, 6) is 0.110. The largest absolute Gasteiger partial charge is 0.490 e. The second kappa shape index (κ2) is 48.9. The highest BCUT2D eigenvalue weighted by atomic mass is 79.9. The van der Waals surface area contributed by atoms with E-state index in [0.29, 0.717) is 147 Å². The fourth-order valence-corrected chi connectivity index (χ4v) is 17.2. The van der Waals surface area contributed by atoms with Gasteiger partial charge in [-0.15, -0.1) is 0 Å². The molecule has 4 aromatic heterocycles. The van der Waals surface area contributed by atoms with Gasteiger partial charge in [0.05, 0.1) is 138 Å². The number of aryl methyl sites for hydroxylation is 4. The van der Waals surface area contributed by atoms with Gasteiger partial charge in [-0.2, -0.15) is 0 Å². The summed E-state index contributed by atoms with van der Waals surface area (Å²) in [5, 5.41) is 43.4. The number of halogens is 11. The van der Waals surface area contributed by atoms with Crippen LogP contribution >= 0.6 is 132 Å². The maximum absolute atomic E-state index is 12.8. The van der Waals surface area contributed by atoms with Crippen LogP contribution in [0.15, 0.2) is 77.4 Å².